The molecule has 1 amide bonds. The van der Waals surface area contributed by atoms with Crippen LogP contribution in [0, 0.1) is 0 Å². The largest absolute Gasteiger partial charge is 0.394 e. The molecule has 0 aromatic heterocycles. The standard InChI is InChI=1S/C55H101NO3/c1-3-5-7-9-11-13-15-17-19-20-21-22-23-24-25-26-27-28-29-30-31-32-33-34-35-37-38-40-42-44-46-48-50-54(58)53(52-57)56-55(59)51-49-47-45-43-41-39-36-18-16-14-12-10-8-6-4-2/h12,14,18,34-36,40,42,48,50,53-54,57-58H,3-11,13,15-17,19-33,37-39,41,43-47,49,51-52H2,1-2H3,(H,56,59)/b14-12-,35-34+,36-18-,42-40+,50-48+. The topological polar surface area (TPSA) is 69.6 Å². The Morgan fingerprint density at radius 2 is 0.712 bits per heavy atom. The first-order valence-corrected chi connectivity index (χ1v) is 26.0. The zero-order valence-corrected chi connectivity index (χ0v) is 39.5. The third-order valence-electron chi connectivity index (χ3n) is 11.7. The van der Waals surface area contributed by atoms with Gasteiger partial charge in [-0.15, -0.1) is 0 Å². The van der Waals surface area contributed by atoms with Gasteiger partial charge >= 0.3 is 0 Å². The van der Waals surface area contributed by atoms with Crippen molar-refractivity contribution in [3.05, 3.63) is 60.8 Å². The Balaban J connectivity index is 3.56. The van der Waals surface area contributed by atoms with Crippen LogP contribution in [0.3, 0.4) is 0 Å². The van der Waals surface area contributed by atoms with Crippen LogP contribution in [0.1, 0.15) is 264 Å². The van der Waals surface area contributed by atoms with E-state index in [0.29, 0.717) is 6.42 Å². The predicted octanol–water partition coefficient (Wildman–Crippen LogP) is 16.9. The van der Waals surface area contributed by atoms with Crippen LogP contribution in [0.5, 0.6) is 0 Å². The molecule has 0 saturated heterocycles. The summed E-state index contributed by atoms with van der Waals surface area (Å²) in [5.41, 5.74) is 0. The molecule has 3 N–H and O–H groups in total. The molecule has 0 radical (unpaired) electrons. The second-order valence-corrected chi connectivity index (χ2v) is 17.6. The number of hydrogen-bond donors (Lipinski definition) is 3. The van der Waals surface area contributed by atoms with Crippen LogP contribution in [0.4, 0.5) is 0 Å². The van der Waals surface area contributed by atoms with Gasteiger partial charge in [0.2, 0.25) is 5.91 Å². The molecule has 0 saturated carbocycles. The average Bonchev–Trinajstić information content (AvgIpc) is 3.24. The monoisotopic (exact) mass is 824 g/mol. The molecule has 4 heteroatoms. The number of nitrogens with one attached hydrogen (secondary N) is 1. The molecule has 0 aliphatic rings. The Kier molecular flexibility index (Phi) is 48.8. The van der Waals surface area contributed by atoms with Crippen LogP contribution >= 0.6 is 0 Å². The highest BCUT2D eigenvalue weighted by molar-refractivity contribution is 5.76. The van der Waals surface area contributed by atoms with Crippen LogP contribution in [0.25, 0.3) is 0 Å². The van der Waals surface area contributed by atoms with Gasteiger partial charge in [0, 0.05) is 6.42 Å². The van der Waals surface area contributed by atoms with E-state index in [1.165, 1.54) is 186 Å². The molecular weight excluding hydrogens is 723 g/mol. The van der Waals surface area contributed by atoms with Gasteiger partial charge in [-0.2, -0.15) is 0 Å². The Bertz CT molecular complexity index is 981. The molecule has 344 valence electrons. The van der Waals surface area contributed by atoms with Gasteiger partial charge in [0.05, 0.1) is 18.8 Å². The van der Waals surface area contributed by atoms with Crippen LogP contribution in [-0.2, 0) is 4.79 Å². The molecule has 0 heterocycles. The molecule has 0 aromatic carbocycles. The minimum Gasteiger partial charge on any atom is -0.394 e. The Morgan fingerprint density at radius 3 is 1.12 bits per heavy atom. The number of carbonyl (C=O) groups is 1. The molecule has 0 spiro atoms. The highest BCUT2D eigenvalue weighted by Crippen LogP contribution is 2.16. The van der Waals surface area contributed by atoms with Crippen molar-refractivity contribution in [3.8, 4) is 0 Å². The van der Waals surface area contributed by atoms with Gasteiger partial charge in [0.15, 0.2) is 0 Å². The number of aliphatic hydroxyl groups excluding tert-OH is 2. The maximum absolute atomic E-state index is 12.4. The summed E-state index contributed by atoms with van der Waals surface area (Å²) in [6.07, 6.45) is 70.9. The molecule has 59 heavy (non-hydrogen) atoms. The Morgan fingerprint density at radius 1 is 0.407 bits per heavy atom. The summed E-state index contributed by atoms with van der Waals surface area (Å²) < 4.78 is 0. The normalized spacial score (nSPS) is 13.4. The first kappa shape index (κ1) is 57.1. The van der Waals surface area contributed by atoms with Crippen LogP contribution in [0.15, 0.2) is 60.8 Å². The molecular formula is C55H101NO3. The summed E-state index contributed by atoms with van der Waals surface area (Å²) in [7, 11) is 0. The van der Waals surface area contributed by atoms with E-state index in [1.807, 2.05) is 6.08 Å². The number of amides is 1. The van der Waals surface area contributed by atoms with Gasteiger partial charge in [-0.1, -0.05) is 242 Å². The van der Waals surface area contributed by atoms with Crippen molar-refractivity contribution < 1.29 is 15.0 Å². The lowest BCUT2D eigenvalue weighted by Crippen LogP contribution is -2.45. The first-order valence-electron chi connectivity index (χ1n) is 26.0. The first-order chi connectivity index (χ1) is 29.2. The highest BCUT2D eigenvalue weighted by atomic mass is 16.3. The smallest absolute Gasteiger partial charge is 0.220 e. The summed E-state index contributed by atoms with van der Waals surface area (Å²) in [5.74, 6) is -0.0924. The third-order valence-corrected chi connectivity index (χ3v) is 11.7. The molecule has 0 fully saturated rings. The minimum atomic E-state index is -0.879. The SMILES string of the molecule is CCCCC/C=C\C/C=C\CCCCCCCC(=O)NC(CO)C(O)/C=C/CC/C=C/CC/C=C/CCCCCCCCCCCCCCCCCCCCCCCC. The van der Waals surface area contributed by atoms with Gasteiger partial charge in [0.1, 0.15) is 0 Å². The van der Waals surface area contributed by atoms with E-state index in [9.17, 15) is 15.0 Å². The minimum absolute atomic E-state index is 0.0924. The Hall–Kier alpha value is -1.91. The fraction of sp³-hybridized carbons (Fsp3) is 0.800. The number of allylic oxidation sites excluding steroid dienone is 9. The molecule has 2 atom stereocenters. The molecule has 0 aliphatic heterocycles. The maximum Gasteiger partial charge on any atom is 0.220 e. The lowest BCUT2D eigenvalue weighted by atomic mass is 10.0. The quantitative estimate of drug-likeness (QED) is 0.0423. The second kappa shape index (κ2) is 50.4. The van der Waals surface area contributed by atoms with E-state index in [2.05, 4.69) is 67.8 Å². The van der Waals surface area contributed by atoms with Crippen molar-refractivity contribution in [2.45, 2.75) is 276 Å². The lowest BCUT2D eigenvalue weighted by molar-refractivity contribution is -0.123. The van der Waals surface area contributed by atoms with Gasteiger partial charge in [0.25, 0.3) is 0 Å². The van der Waals surface area contributed by atoms with Gasteiger partial charge in [-0.25, -0.2) is 0 Å². The van der Waals surface area contributed by atoms with Crippen LogP contribution < -0.4 is 5.32 Å². The highest BCUT2D eigenvalue weighted by Gasteiger charge is 2.17. The molecule has 0 aromatic rings. The summed E-state index contributed by atoms with van der Waals surface area (Å²) >= 11 is 0. The van der Waals surface area contributed by atoms with Crippen LogP contribution in [0.2, 0.25) is 0 Å². The number of hydrogen-bond acceptors (Lipinski definition) is 3. The zero-order valence-electron chi connectivity index (χ0n) is 39.5. The lowest BCUT2D eigenvalue weighted by Gasteiger charge is -2.19. The van der Waals surface area contributed by atoms with Gasteiger partial charge in [-0.05, 0) is 77.0 Å². The average molecular weight is 824 g/mol. The Labute approximate surface area is 368 Å². The van der Waals surface area contributed by atoms with Gasteiger partial charge < -0.3 is 15.5 Å². The number of rotatable bonds is 47. The van der Waals surface area contributed by atoms with E-state index in [0.717, 1.165) is 57.8 Å². The van der Waals surface area contributed by atoms with E-state index < -0.39 is 12.1 Å². The molecule has 4 nitrogen and oxygen atoms in total. The summed E-state index contributed by atoms with van der Waals surface area (Å²) in [6, 6.07) is -0.655. The van der Waals surface area contributed by atoms with E-state index >= 15 is 0 Å². The van der Waals surface area contributed by atoms with Gasteiger partial charge in [-0.3, -0.25) is 4.79 Å². The van der Waals surface area contributed by atoms with Crippen molar-refractivity contribution >= 4 is 5.91 Å². The molecule has 0 bridgehead atoms. The molecule has 2 unspecified atom stereocenters. The number of aliphatic hydroxyl groups is 2. The fourth-order valence-corrected chi connectivity index (χ4v) is 7.71. The van der Waals surface area contributed by atoms with Crippen molar-refractivity contribution in [2.75, 3.05) is 6.61 Å². The predicted molar refractivity (Wildman–Crippen MR) is 262 cm³/mol. The van der Waals surface area contributed by atoms with Crippen LogP contribution in [-0.4, -0.2) is 34.9 Å². The third kappa shape index (κ3) is 47.0. The van der Waals surface area contributed by atoms with Crippen molar-refractivity contribution in [3.63, 3.8) is 0 Å². The van der Waals surface area contributed by atoms with Crippen molar-refractivity contribution in [1.29, 1.82) is 0 Å². The number of unbranched alkanes of at least 4 members (excludes halogenated alkanes) is 32. The molecule has 0 aliphatic carbocycles. The van der Waals surface area contributed by atoms with E-state index in [4.69, 9.17) is 0 Å². The summed E-state index contributed by atoms with van der Waals surface area (Å²) in [4.78, 5) is 12.4. The summed E-state index contributed by atoms with van der Waals surface area (Å²) in [5, 5.41) is 23.0. The summed E-state index contributed by atoms with van der Waals surface area (Å²) in [6.45, 7) is 4.27. The maximum atomic E-state index is 12.4. The second-order valence-electron chi connectivity index (χ2n) is 17.6. The number of carbonyl (C=O) groups excluding carboxylic acids is 1. The van der Waals surface area contributed by atoms with E-state index in [1.54, 1.807) is 6.08 Å². The zero-order chi connectivity index (χ0) is 42.8. The van der Waals surface area contributed by atoms with E-state index in [-0.39, 0.29) is 12.5 Å². The fourth-order valence-electron chi connectivity index (χ4n) is 7.71. The van der Waals surface area contributed by atoms with Crippen molar-refractivity contribution in [1.82, 2.24) is 5.32 Å². The van der Waals surface area contributed by atoms with Crippen molar-refractivity contribution in [2.24, 2.45) is 0 Å². The molecule has 0 rings (SSSR count).